The highest BCUT2D eigenvalue weighted by atomic mass is 16.5. The first-order valence-corrected chi connectivity index (χ1v) is 8.01. The van der Waals surface area contributed by atoms with Crippen molar-refractivity contribution in [3.63, 3.8) is 0 Å². The molecule has 1 heterocycles. The second kappa shape index (κ2) is 7.48. The number of aryl methyl sites for hydroxylation is 1. The fourth-order valence-corrected chi connectivity index (χ4v) is 2.42. The van der Waals surface area contributed by atoms with Crippen molar-refractivity contribution in [2.24, 2.45) is 0 Å². The molecule has 0 unspecified atom stereocenters. The predicted molar refractivity (Wildman–Crippen MR) is 98.9 cm³/mol. The fourth-order valence-electron chi connectivity index (χ4n) is 2.42. The summed E-state index contributed by atoms with van der Waals surface area (Å²) < 4.78 is 0.506. The molecule has 3 aromatic rings. The highest BCUT2D eigenvalue weighted by Crippen LogP contribution is 2.21. The van der Waals surface area contributed by atoms with Crippen LogP contribution in [-0.2, 0) is 0 Å². The molecule has 1 aromatic heterocycles. The van der Waals surface area contributed by atoms with Crippen LogP contribution in [0.5, 0.6) is 0 Å². The lowest BCUT2D eigenvalue weighted by Crippen LogP contribution is -2.36. The third-order valence-electron chi connectivity index (χ3n) is 3.84. The molecule has 0 fully saturated rings. The van der Waals surface area contributed by atoms with E-state index in [2.05, 4.69) is 10.6 Å². The largest absolute Gasteiger partial charge is 0.618 e. The van der Waals surface area contributed by atoms with Crippen LogP contribution in [0.1, 0.15) is 26.4 Å². The number of benzene rings is 2. The summed E-state index contributed by atoms with van der Waals surface area (Å²) in [5.74, 6) is -0.762. The lowest BCUT2D eigenvalue weighted by atomic mass is 10.1. The molecule has 2 N–H and O–H groups in total. The number of anilines is 2. The normalized spacial score (nSPS) is 10.2. The van der Waals surface area contributed by atoms with E-state index in [9.17, 15) is 14.8 Å². The molecule has 2 aromatic carbocycles. The molecule has 2 amide bonds. The number of carbonyl (C=O) groups excluding carboxylic acids is 2. The van der Waals surface area contributed by atoms with Crippen molar-refractivity contribution in [2.75, 3.05) is 10.6 Å². The summed E-state index contributed by atoms with van der Waals surface area (Å²) in [5.41, 5.74) is 2.40. The Morgan fingerprint density at radius 1 is 0.885 bits per heavy atom. The first-order valence-electron chi connectivity index (χ1n) is 8.01. The van der Waals surface area contributed by atoms with Crippen LogP contribution in [0.3, 0.4) is 0 Å². The topological polar surface area (TPSA) is 85.1 Å². The minimum absolute atomic E-state index is 0.00868. The van der Waals surface area contributed by atoms with Gasteiger partial charge in [0.15, 0.2) is 6.20 Å². The van der Waals surface area contributed by atoms with Crippen molar-refractivity contribution >= 4 is 23.2 Å². The Morgan fingerprint density at radius 3 is 2.35 bits per heavy atom. The van der Waals surface area contributed by atoms with E-state index >= 15 is 0 Å². The molecule has 0 atom stereocenters. The lowest BCUT2D eigenvalue weighted by Gasteiger charge is -2.11. The quantitative estimate of drug-likeness (QED) is 0.562. The van der Waals surface area contributed by atoms with Gasteiger partial charge in [0.05, 0.1) is 0 Å². The predicted octanol–water partition coefficient (Wildman–Crippen LogP) is 3.13. The Kier molecular flexibility index (Phi) is 4.94. The van der Waals surface area contributed by atoms with Gasteiger partial charge in [0.25, 0.3) is 11.6 Å². The maximum atomic E-state index is 12.3. The highest BCUT2D eigenvalue weighted by molar-refractivity contribution is 6.05. The first-order chi connectivity index (χ1) is 12.5. The number of amides is 2. The summed E-state index contributed by atoms with van der Waals surface area (Å²) in [5, 5.41) is 17.2. The van der Waals surface area contributed by atoms with Crippen LogP contribution in [0.4, 0.5) is 11.4 Å². The SMILES string of the molecule is Cc1ccc(NC(=O)c2ccccc2)cc1NC(=O)c1cccc[n+]1[O-]. The molecule has 0 aliphatic rings. The van der Waals surface area contributed by atoms with Gasteiger partial charge in [-0.05, 0) is 42.8 Å². The van der Waals surface area contributed by atoms with Gasteiger partial charge in [0.1, 0.15) is 0 Å². The van der Waals surface area contributed by atoms with Gasteiger partial charge < -0.3 is 15.8 Å². The molecule has 0 spiro atoms. The standard InChI is InChI=1S/C20H17N3O3/c1-14-10-11-16(21-19(24)15-7-3-2-4-8-15)13-17(14)22-20(25)18-9-5-6-12-23(18)26/h2-13H,1H3,(H,21,24)(H,22,25). The summed E-state index contributed by atoms with van der Waals surface area (Å²) in [6, 6.07) is 18.6. The second-order valence-corrected chi connectivity index (χ2v) is 5.72. The van der Waals surface area contributed by atoms with Gasteiger partial charge in [-0.3, -0.25) is 9.59 Å². The van der Waals surface area contributed by atoms with Crippen molar-refractivity contribution in [3.05, 3.63) is 95.0 Å². The summed E-state index contributed by atoms with van der Waals surface area (Å²) in [6.07, 6.45) is 1.26. The second-order valence-electron chi connectivity index (χ2n) is 5.72. The van der Waals surface area contributed by atoms with Crippen molar-refractivity contribution in [2.45, 2.75) is 6.92 Å². The minimum atomic E-state index is -0.518. The van der Waals surface area contributed by atoms with E-state index in [1.807, 2.05) is 13.0 Å². The Morgan fingerprint density at radius 2 is 1.62 bits per heavy atom. The van der Waals surface area contributed by atoms with E-state index in [0.29, 0.717) is 21.7 Å². The Labute approximate surface area is 150 Å². The third kappa shape index (κ3) is 3.87. The summed E-state index contributed by atoms with van der Waals surface area (Å²) in [4.78, 5) is 24.6. The van der Waals surface area contributed by atoms with Gasteiger partial charge >= 0.3 is 5.91 Å². The molecule has 0 saturated carbocycles. The van der Waals surface area contributed by atoms with Crippen molar-refractivity contribution in [1.82, 2.24) is 0 Å². The third-order valence-corrected chi connectivity index (χ3v) is 3.84. The van der Waals surface area contributed by atoms with E-state index < -0.39 is 5.91 Å². The van der Waals surface area contributed by atoms with E-state index in [0.717, 1.165) is 5.56 Å². The molecule has 6 nitrogen and oxygen atoms in total. The summed E-state index contributed by atoms with van der Waals surface area (Å²) >= 11 is 0. The van der Waals surface area contributed by atoms with E-state index in [1.165, 1.54) is 12.3 Å². The van der Waals surface area contributed by atoms with Gasteiger partial charge in [0, 0.05) is 29.1 Å². The van der Waals surface area contributed by atoms with Crippen molar-refractivity contribution < 1.29 is 14.3 Å². The number of rotatable bonds is 4. The van der Waals surface area contributed by atoms with Crippen LogP contribution < -0.4 is 15.4 Å². The summed E-state index contributed by atoms with van der Waals surface area (Å²) in [7, 11) is 0. The molecule has 0 saturated heterocycles. The Hall–Kier alpha value is -3.67. The molecule has 130 valence electrons. The monoisotopic (exact) mass is 347 g/mol. The average molecular weight is 347 g/mol. The molecule has 26 heavy (non-hydrogen) atoms. The minimum Gasteiger partial charge on any atom is -0.618 e. The van der Waals surface area contributed by atoms with E-state index in [1.54, 1.807) is 54.6 Å². The van der Waals surface area contributed by atoms with E-state index in [-0.39, 0.29) is 11.6 Å². The van der Waals surface area contributed by atoms with E-state index in [4.69, 9.17) is 0 Å². The number of hydrogen-bond donors (Lipinski definition) is 2. The fraction of sp³-hybridized carbons (Fsp3) is 0.0500. The molecule has 0 aliphatic heterocycles. The molecule has 0 bridgehead atoms. The Bertz CT molecular complexity index is 956. The lowest BCUT2D eigenvalue weighted by molar-refractivity contribution is -0.607. The number of pyridine rings is 1. The van der Waals surface area contributed by atoms with Crippen molar-refractivity contribution in [1.29, 1.82) is 0 Å². The molecule has 3 rings (SSSR count). The zero-order chi connectivity index (χ0) is 18.5. The van der Waals surface area contributed by atoms with Gasteiger partial charge in [-0.2, -0.15) is 4.73 Å². The zero-order valence-electron chi connectivity index (χ0n) is 14.1. The van der Waals surface area contributed by atoms with Crippen LogP contribution in [-0.4, -0.2) is 11.8 Å². The smallest absolute Gasteiger partial charge is 0.321 e. The van der Waals surface area contributed by atoms with Gasteiger partial charge in [-0.1, -0.05) is 24.3 Å². The maximum absolute atomic E-state index is 12.3. The first kappa shape index (κ1) is 17.2. The van der Waals surface area contributed by atoms with Crippen molar-refractivity contribution in [3.8, 4) is 0 Å². The van der Waals surface area contributed by atoms with Crippen LogP contribution in [0.25, 0.3) is 0 Å². The molecule has 0 radical (unpaired) electrons. The van der Waals surface area contributed by atoms with Gasteiger partial charge in [-0.25, -0.2) is 0 Å². The number of hydrogen-bond acceptors (Lipinski definition) is 3. The van der Waals surface area contributed by atoms with Gasteiger partial charge in [0.2, 0.25) is 0 Å². The van der Waals surface area contributed by atoms with Crippen LogP contribution in [0, 0.1) is 12.1 Å². The number of carbonyl (C=O) groups is 2. The van der Waals surface area contributed by atoms with Crippen LogP contribution >= 0.6 is 0 Å². The molecule has 0 aliphatic carbocycles. The van der Waals surface area contributed by atoms with Gasteiger partial charge in [-0.15, -0.1) is 0 Å². The molecular formula is C20H17N3O3. The van der Waals surface area contributed by atoms with Crippen LogP contribution in [0.15, 0.2) is 72.9 Å². The molecule has 6 heteroatoms. The number of aromatic nitrogens is 1. The summed E-state index contributed by atoms with van der Waals surface area (Å²) in [6.45, 7) is 1.83. The molecular weight excluding hydrogens is 330 g/mol. The Balaban J connectivity index is 1.79. The number of nitrogens with one attached hydrogen (secondary N) is 2. The zero-order valence-corrected chi connectivity index (χ0v) is 14.1. The van der Waals surface area contributed by atoms with Crippen LogP contribution in [0.2, 0.25) is 0 Å². The average Bonchev–Trinajstić information content (AvgIpc) is 2.65. The highest BCUT2D eigenvalue weighted by Gasteiger charge is 2.16. The maximum Gasteiger partial charge on any atom is 0.321 e. The number of nitrogens with zero attached hydrogens (tertiary/aromatic N) is 1.